The molecule has 0 aliphatic carbocycles. The Hall–Kier alpha value is -1.99. The highest BCUT2D eigenvalue weighted by Gasteiger charge is 2.34. The number of carbonyl (C=O) groups is 2. The summed E-state index contributed by atoms with van der Waals surface area (Å²) in [5.74, 6) is 1.47. The number of aromatic nitrogens is 1. The Morgan fingerprint density at radius 3 is 2.45 bits per heavy atom. The minimum absolute atomic E-state index is 0.0500. The number of likely N-dealkylation sites (tertiary alicyclic amines) is 1. The lowest BCUT2D eigenvalue weighted by Crippen LogP contribution is -2.52. The summed E-state index contributed by atoms with van der Waals surface area (Å²) in [4.78, 5) is 35.7. The van der Waals surface area contributed by atoms with Crippen LogP contribution >= 0.6 is 0 Å². The maximum absolute atomic E-state index is 12.9. The number of pyridine rings is 1. The molecule has 7 heteroatoms. The van der Waals surface area contributed by atoms with Crippen molar-refractivity contribution < 1.29 is 14.3 Å². The topological polar surface area (TPSA) is 66.0 Å². The zero-order valence-electron chi connectivity index (χ0n) is 17.4. The van der Waals surface area contributed by atoms with Gasteiger partial charge in [-0.05, 0) is 51.3 Å². The third-order valence-corrected chi connectivity index (χ3v) is 6.58. The maximum Gasteiger partial charge on any atom is 0.227 e. The number of carbonyl (C=O) groups excluding carboxylic acids is 2. The third kappa shape index (κ3) is 4.78. The Balaban J connectivity index is 1.30. The van der Waals surface area contributed by atoms with Gasteiger partial charge >= 0.3 is 0 Å². The molecule has 0 bridgehead atoms. The molecular weight excluding hydrogens is 368 g/mol. The Kier molecular flexibility index (Phi) is 6.45. The van der Waals surface area contributed by atoms with E-state index in [4.69, 9.17) is 4.74 Å². The van der Waals surface area contributed by atoms with Crippen LogP contribution < -0.4 is 4.90 Å². The van der Waals surface area contributed by atoms with E-state index >= 15 is 0 Å². The molecule has 0 spiro atoms. The van der Waals surface area contributed by atoms with Gasteiger partial charge < -0.3 is 14.5 Å². The largest absolute Gasteiger partial charge is 0.378 e. The number of piperidine rings is 2. The maximum atomic E-state index is 12.9. The van der Waals surface area contributed by atoms with Crippen molar-refractivity contribution in [2.24, 2.45) is 5.92 Å². The number of morpholine rings is 1. The van der Waals surface area contributed by atoms with Gasteiger partial charge in [0.05, 0.1) is 19.1 Å². The molecule has 1 amide bonds. The molecule has 0 radical (unpaired) electrons. The van der Waals surface area contributed by atoms with E-state index < -0.39 is 0 Å². The molecule has 1 unspecified atom stereocenters. The first-order valence-electron chi connectivity index (χ1n) is 10.9. The van der Waals surface area contributed by atoms with Crippen molar-refractivity contribution in [3.05, 3.63) is 23.9 Å². The van der Waals surface area contributed by atoms with Crippen molar-refractivity contribution in [2.75, 3.05) is 57.4 Å². The van der Waals surface area contributed by atoms with Gasteiger partial charge in [-0.1, -0.05) is 0 Å². The molecule has 3 aliphatic rings. The van der Waals surface area contributed by atoms with Crippen LogP contribution in [0.3, 0.4) is 0 Å². The lowest BCUT2D eigenvalue weighted by molar-refractivity contribution is -0.141. The molecule has 0 aromatic carbocycles. The number of amides is 1. The molecule has 7 nitrogen and oxygen atoms in total. The van der Waals surface area contributed by atoms with Gasteiger partial charge in [0, 0.05) is 50.5 Å². The second-order valence-corrected chi connectivity index (χ2v) is 8.45. The summed E-state index contributed by atoms with van der Waals surface area (Å²) in [6, 6.07) is 4.36. The zero-order chi connectivity index (χ0) is 20.2. The van der Waals surface area contributed by atoms with Crippen molar-refractivity contribution in [3.8, 4) is 0 Å². The molecule has 3 saturated heterocycles. The van der Waals surface area contributed by atoms with E-state index in [-0.39, 0.29) is 11.7 Å². The fraction of sp³-hybridized carbons (Fsp3) is 0.682. The summed E-state index contributed by atoms with van der Waals surface area (Å²) in [5, 5.41) is 0. The second kappa shape index (κ2) is 9.22. The Bertz CT molecular complexity index is 709. The van der Waals surface area contributed by atoms with Crippen molar-refractivity contribution in [1.82, 2.24) is 14.8 Å². The van der Waals surface area contributed by atoms with Gasteiger partial charge in [0.15, 0.2) is 5.78 Å². The van der Waals surface area contributed by atoms with E-state index in [0.717, 1.165) is 70.8 Å². The minimum Gasteiger partial charge on any atom is -0.378 e. The number of hydrogen-bond donors (Lipinski definition) is 0. The first-order valence-corrected chi connectivity index (χ1v) is 10.9. The van der Waals surface area contributed by atoms with Crippen LogP contribution in [-0.4, -0.2) is 85.0 Å². The molecule has 4 rings (SSSR count). The number of rotatable bonds is 4. The quantitative estimate of drug-likeness (QED) is 0.719. The molecule has 4 heterocycles. The van der Waals surface area contributed by atoms with Gasteiger partial charge in [-0.3, -0.25) is 14.5 Å². The molecule has 1 atom stereocenters. The van der Waals surface area contributed by atoms with Crippen molar-refractivity contribution >= 4 is 17.5 Å². The summed E-state index contributed by atoms with van der Waals surface area (Å²) >= 11 is 0. The van der Waals surface area contributed by atoms with Crippen molar-refractivity contribution in [2.45, 2.75) is 38.6 Å². The number of nitrogens with zero attached hydrogens (tertiary/aromatic N) is 4. The summed E-state index contributed by atoms with van der Waals surface area (Å²) in [6.07, 6.45) is 5.98. The van der Waals surface area contributed by atoms with E-state index in [0.29, 0.717) is 30.7 Å². The summed E-state index contributed by atoms with van der Waals surface area (Å²) in [7, 11) is 0. The lowest BCUT2D eigenvalue weighted by Gasteiger charge is -2.43. The van der Waals surface area contributed by atoms with Crippen LogP contribution in [0.1, 0.15) is 43.0 Å². The predicted molar refractivity (Wildman–Crippen MR) is 111 cm³/mol. The van der Waals surface area contributed by atoms with Crippen LogP contribution in [-0.2, 0) is 9.53 Å². The van der Waals surface area contributed by atoms with Gasteiger partial charge in [0.1, 0.15) is 5.82 Å². The van der Waals surface area contributed by atoms with Crippen LogP contribution in [0.15, 0.2) is 18.3 Å². The number of Topliss-reactive ketones (excluding diaryl/α,β-unsaturated/α-hetero) is 1. The van der Waals surface area contributed by atoms with Gasteiger partial charge in [0.2, 0.25) is 5.91 Å². The van der Waals surface area contributed by atoms with E-state index in [1.54, 1.807) is 13.1 Å². The number of ketones is 1. The molecule has 3 aliphatic heterocycles. The molecule has 1 aromatic heterocycles. The van der Waals surface area contributed by atoms with E-state index in [2.05, 4.69) is 14.8 Å². The van der Waals surface area contributed by atoms with E-state index in [1.165, 1.54) is 0 Å². The number of anilines is 1. The average Bonchev–Trinajstić information content (AvgIpc) is 2.79. The molecule has 0 saturated carbocycles. The summed E-state index contributed by atoms with van der Waals surface area (Å²) in [6.45, 7) is 8.31. The van der Waals surface area contributed by atoms with Crippen LogP contribution in [0, 0.1) is 5.92 Å². The highest BCUT2D eigenvalue weighted by Crippen LogP contribution is 2.27. The number of hydrogen-bond acceptors (Lipinski definition) is 6. The monoisotopic (exact) mass is 400 g/mol. The van der Waals surface area contributed by atoms with Crippen LogP contribution in [0.2, 0.25) is 0 Å². The highest BCUT2D eigenvalue weighted by atomic mass is 16.5. The normalized spacial score (nSPS) is 24.5. The average molecular weight is 401 g/mol. The molecular formula is C22H32N4O3. The second-order valence-electron chi connectivity index (χ2n) is 8.45. The Morgan fingerprint density at radius 1 is 1.03 bits per heavy atom. The van der Waals surface area contributed by atoms with E-state index in [1.807, 2.05) is 17.0 Å². The first kappa shape index (κ1) is 20.3. The smallest absolute Gasteiger partial charge is 0.227 e. The fourth-order valence-corrected chi connectivity index (χ4v) is 4.82. The van der Waals surface area contributed by atoms with Crippen LogP contribution in [0.4, 0.5) is 5.82 Å². The SMILES string of the molecule is CC(=O)c1ccc(N2CCC(N3CCCC(C(=O)N4CCOCC4)C3)CC2)nc1. The summed E-state index contributed by atoms with van der Waals surface area (Å²) in [5.41, 5.74) is 0.660. The van der Waals surface area contributed by atoms with Crippen molar-refractivity contribution in [3.63, 3.8) is 0 Å². The Morgan fingerprint density at radius 2 is 1.79 bits per heavy atom. The summed E-state index contributed by atoms with van der Waals surface area (Å²) < 4.78 is 5.39. The van der Waals surface area contributed by atoms with Gasteiger partial charge in [-0.2, -0.15) is 0 Å². The number of ether oxygens (including phenoxy) is 1. The lowest BCUT2D eigenvalue weighted by atomic mass is 9.92. The van der Waals surface area contributed by atoms with Gasteiger partial charge in [-0.25, -0.2) is 4.98 Å². The van der Waals surface area contributed by atoms with Crippen LogP contribution in [0.25, 0.3) is 0 Å². The predicted octanol–water partition coefficient (Wildman–Crippen LogP) is 1.82. The zero-order valence-corrected chi connectivity index (χ0v) is 17.4. The first-order chi connectivity index (χ1) is 14.1. The highest BCUT2D eigenvalue weighted by molar-refractivity contribution is 5.93. The molecule has 1 aromatic rings. The van der Waals surface area contributed by atoms with Crippen molar-refractivity contribution in [1.29, 1.82) is 0 Å². The molecule has 0 N–H and O–H groups in total. The molecule has 3 fully saturated rings. The third-order valence-electron chi connectivity index (χ3n) is 6.58. The standard InChI is InChI=1S/C22H32N4O3/c1-17(27)18-4-5-21(23-15-18)24-9-6-20(7-10-24)26-8-2-3-19(16-26)22(28)25-11-13-29-14-12-25/h4-5,15,19-20H,2-3,6-14,16H2,1H3. The molecule has 158 valence electrons. The minimum atomic E-state index is 0.0500. The van der Waals surface area contributed by atoms with Gasteiger partial charge in [0.25, 0.3) is 0 Å². The Labute approximate surface area is 173 Å². The van der Waals surface area contributed by atoms with Gasteiger partial charge in [-0.15, -0.1) is 0 Å². The van der Waals surface area contributed by atoms with E-state index in [9.17, 15) is 9.59 Å². The molecule has 29 heavy (non-hydrogen) atoms. The fourth-order valence-electron chi connectivity index (χ4n) is 4.82. The van der Waals surface area contributed by atoms with Crippen LogP contribution in [0.5, 0.6) is 0 Å².